The number of H-pyrrole nitrogens is 1. The molecule has 2 amide bonds. The van der Waals surface area contributed by atoms with E-state index in [4.69, 9.17) is 5.11 Å². The van der Waals surface area contributed by atoms with Crippen molar-refractivity contribution in [2.75, 3.05) is 5.32 Å². The van der Waals surface area contributed by atoms with Gasteiger partial charge < -0.3 is 20.7 Å². The van der Waals surface area contributed by atoms with Gasteiger partial charge in [0, 0.05) is 11.1 Å². The Bertz CT molecular complexity index is 692. The summed E-state index contributed by atoms with van der Waals surface area (Å²) in [5, 5.41) is 15.4. The Morgan fingerprint density at radius 3 is 2.76 bits per heavy atom. The molecule has 9 heteroatoms. The zero-order valence-corrected chi connectivity index (χ0v) is 11.6. The molecule has 21 heavy (non-hydrogen) atoms. The Morgan fingerprint density at radius 1 is 1.38 bits per heavy atom. The molecule has 0 spiro atoms. The van der Waals surface area contributed by atoms with Gasteiger partial charge in [-0.25, -0.2) is 4.79 Å². The van der Waals surface area contributed by atoms with Gasteiger partial charge >= 0.3 is 16.9 Å². The van der Waals surface area contributed by atoms with E-state index >= 15 is 0 Å². The van der Waals surface area contributed by atoms with E-state index in [9.17, 15) is 14.4 Å². The van der Waals surface area contributed by atoms with Crippen LogP contribution >= 0.6 is 11.3 Å². The van der Waals surface area contributed by atoms with Gasteiger partial charge in [-0.2, -0.15) is 0 Å². The van der Waals surface area contributed by atoms with Crippen LogP contribution in [0.2, 0.25) is 0 Å². The monoisotopic (exact) mass is 308 g/mol. The Morgan fingerprint density at radius 2 is 2.19 bits per heavy atom. The van der Waals surface area contributed by atoms with E-state index in [1.165, 1.54) is 12.3 Å². The lowest BCUT2D eigenvalue weighted by atomic mass is 10.2. The normalized spacial score (nSPS) is 10.1. The first kappa shape index (κ1) is 14.7. The van der Waals surface area contributed by atoms with Gasteiger partial charge in [-0.1, -0.05) is 11.3 Å². The first-order valence-electron chi connectivity index (χ1n) is 5.91. The SMILES string of the molecule is O=C(O)Cc1ccc(NC(=O)NCc2csc(=O)[nH]2)cn1. The molecule has 8 nitrogen and oxygen atoms in total. The van der Waals surface area contributed by atoms with Crippen LogP contribution in [-0.4, -0.2) is 27.1 Å². The quantitative estimate of drug-likeness (QED) is 0.649. The lowest BCUT2D eigenvalue weighted by Crippen LogP contribution is -2.28. The molecule has 0 radical (unpaired) electrons. The highest BCUT2D eigenvalue weighted by molar-refractivity contribution is 7.07. The van der Waals surface area contributed by atoms with Gasteiger partial charge in [-0.3, -0.25) is 14.6 Å². The number of carboxylic acid groups (broad SMARTS) is 1. The second kappa shape index (κ2) is 6.66. The molecule has 0 aliphatic rings. The number of anilines is 1. The van der Waals surface area contributed by atoms with Crippen LogP contribution in [-0.2, 0) is 17.8 Å². The number of hydrogen-bond acceptors (Lipinski definition) is 5. The van der Waals surface area contributed by atoms with Gasteiger partial charge in [0.25, 0.3) is 0 Å². The number of carbonyl (C=O) groups is 2. The van der Waals surface area contributed by atoms with Crippen molar-refractivity contribution in [3.8, 4) is 0 Å². The number of carbonyl (C=O) groups excluding carboxylic acids is 1. The van der Waals surface area contributed by atoms with Crippen molar-refractivity contribution in [3.63, 3.8) is 0 Å². The van der Waals surface area contributed by atoms with Crippen LogP contribution < -0.4 is 15.5 Å². The molecule has 0 saturated heterocycles. The van der Waals surface area contributed by atoms with Crippen LogP contribution in [0, 0.1) is 0 Å². The maximum absolute atomic E-state index is 11.6. The van der Waals surface area contributed by atoms with Crippen LogP contribution in [0.15, 0.2) is 28.5 Å². The first-order chi connectivity index (χ1) is 10.0. The second-order valence-corrected chi connectivity index (χ2v) is 4.93. The Hall–Kier alpha value is -2.68. The average Bonchev–Trinajstić information content (AvgIpc) is 2.84. The lowest BCUT2D eigenvalue weighted by Gasteiger charge is -2.06. The largest absolute Gasteiger partial charge is 0.481 e. The maximum atomic E-state index is 11.6. The topological polar surface area (TPSA) is 124 Å². The summed E-state index contributed by atoms with van der Waals surface area (Å²) < 4.78 is 0. The fraction of sp³-hybridized carbons (Fsp3) is 0.167. The van der Waals surface area contributed by atoms with Crippen molar-refractivity contribution in [1.82, 2.24) is 15.3 Å². The molecule has 110 valence electrons. The fourth-order valence-electron chi connectivity index (χ4n) is 1.51. The molecule has 0 aromatic carbocycles. The fourth-order valence-corrected chi connectivity index (χ4v) is 2.09. The molecule has 2 aromatic heterocycles. The number of amides is 2. The number of rotatable bonds is 5. The van der Waals surface area contributed by atoms with Crippen LogP contribution in [0.5, 0.6) is 0 Å². The van der Waals surface area contributed by atoms with Gasteiger partial charge in [0.15, 0.2) is 0 Å². The van der Waals surface area contributed by atoms with Crippen molar-refractivity contribution in [3.05, 3.63) is 44.8 Å². The number of hydrogen-bond donors (Lipinski definition) is 4. The predicted molar refractivity (Wildman–Crippen MR) is 76.4 cm³/mol. The van der Waals surface area contributed by atoms with Crippen LogP contribution in [0.25, 0.3) is 0 Å². The predicted octanol–water partition coefficient (Wildman–Crippen LogP) is 0.780. The molecule has 0 saturated carbocycles. The third kappa shape index (κ3) is 4.73. The number of urea groups is 1. The van der Waals surface area contributed by atoms with E-state index in [1.807, 2.05) is 0 Å². The zero-order valence-electron chi connectivity index (χ0n) is 10.8. The van der Waals surface area contributed by atoms with E-state index in [0.717, 1.165) is 11.3 Å². The summed E-state index contributed by atoms with van der Waals surface area (Å²) in [4.78, 5) is 39.4. The van der Waals surface area contributed by atoms with E-state index in [1.54, 1.807) is 11.4 Å². The highest BCUT2D eigenvalue weighted by Crippen LogP contribution is 2.06. The summed E-state index contributed by atoms with van der Waals surface area (Å²) in [6, 6.07) is 2.65. The van der Waals surface area contributed by atoms with Gasteiger partial charge in [0.2, 0.25) is 0 Å². The summed E-state index contributed by atoms with van der Waals surface area (Å²) in [5.41, 5.74) is 1.47. The second-order valence-electron chi connectivity index (χ2n) is 4.09. The number of carboxylic acids is 1. The molecule has 0 unspecified atom stereocenters. The molecule has 0 fully saturated rings. The smallest absolute Gasteiger partial charge is 0.319 e. The van der Waals surface area contributed by atoms with E-state index in [0.29, 0.717) is 17.1 Å². The van der Waals surface area contributed by atoms with Crippen molar-refractivity contribution >= 4 is 29.0 Å². The van der Waals surface area contributed by atoms with Crippen molar-refractivity contribution in [2.24, 2.45) is 0 Å². The van der Waals surface area contributed by atoms with E-state index in [2.05, 4.69) is 20.6 Å². The summed E-state index contributed by atoms with van der Waals surface area (Å²) >= 11 is 1.03. The number of nitrogens with zero attached hydrogens (tertiary/aromatic N) is 1. The Labute approximate surface area is 122 Å². The zero-order chi connectivity index (χ0) is 15.2. The maximum Gasteiger partial charge on any atom is 0.319 e. The van der Waals surface area contributed by atoms with E-state index < -0.39 is 12.0 Å². The molecule has 0 aliphatic carbocycles. The molecule has 2 heterocycles. The van der Waals surface area contributed by atoms with Gasteiger partial charge in [0.05, 0.1) is 30.5 Å². The molecule has 0 atom stereocenters. The summed E-state index contributed by atoms with van der Waals surface area (Å²) in [6.45, 7) is 0.203. The van der Waals surface area contributed by atoms with Crippen LogP contribution in [0.4, 0.5) is 10.5 Å². The van der Waals surface area contributed by atoms with Crippen molar-refractivity contribution in [2.45, 2.75) is 13.0 Å². The number of aromatic amines is 1. The molecule has 0 aliphatic heterocycles. The van der Waals surface area contributed by atoms with Crippen molar-refractivity contribution < 1.29 is 14.7 Å². The molecule has 2 aromatic rings. The van der Waals surface area contributed by atoms with Gasteiger partial charge in [-0.05, 0) is 12.1 Å². The molecular formula is C12H12N4O4S. The number of aromatic nitrogens is 2. The summed E-state index contributed by atoms with van der Waals surface area (Å²) in [5.74, 6) is -0.967. The highest BCUT2D eigenvalue weighted by atomic mass is 32.1. The molecule has 4 N–H and O–H groups in total. The third-order valence-electron chi connectivity index (χ3n) is 2.43. The Kier molecular flexibility index (Phi) is 4.67. The molecular weight excluding hydrogens is 296 g/mol. The molecule has 2 rings (SSSR count). The first-order valence-corrected chi connectivity index (χ1v) is 6.79. The number of aliphatic carboxylic acids is 1. The average molecular weight is 308 g/mol. The van der Waals surface area contributed by atoms with Crippen LogP contribution in [0.1, 0.15) is 11.4 Å². The standard InChI is InChI=1S/C12H12N4O4S/c17-10(18)3-7-1-2-8(4-13-7)15-11(19)14-5-9-6-21-12(20)16-9/h1-2,4,6H,3,5H2,(H,16,20)(H,17,18)(H2,14,15,19). The minimum atomic E-state index is -0.967. The van der Waals surface area contributed by atoms with Crippen LogP contribution in [0.3, 0.4) is 0 Å². The summed E-state index contributed by atoms with van der Waals surface area (Å²) in [6.07, 6.45) is 1.21. The lowest BCUT2D eigenvalue weighted by molar-refractivity contribution is -0.136. The number of nitrogens with one attached hydrogen (secondary N) is 3. The highest BCUT2D eigenvalue weighted by Gasteiger charge is 2.05. The summed E-state index contributed by atoms with van der Waals surface area (Å²) in [7, 11) is 0. The molecule has 0 bridgehead atoms. The number of pyridine rings is 1. The van der Waals surface area contributed by atoms with Crippen molar-refractivity contribution in [1.29, 1.82) is 0 Å². The Balaban J connectivity index is 1.84. The van der Waals surface area contributed by atoms with Gasteiger partial charge in [0.1, 0.15) is 0 Å². The minimum Gasteiger partial charge on any atom is -0.481 e. The van der Waals surface area contributed by atoms with E-state index in [-0.39, 0.29) is 17.8 Å². The number of thiazole rings is 1. The minimum absolute atomic E-state index is 0.169. The van der Waals surface area contributed by atoms with Gasteiger partial charge in [-0.15, -0.1) is 0 Å². The third-order valence-corrected chi connectivity index (χ3v) is 3.14.